The van der Waals surface area contributed by atoms with Gasteiger partial charge in [-0.15, -0.1) is 0 Å². The Kier molecular flexibility index (Phi) is 3.81. The van der Waals surface area contributed by atoms with E-state index < -0.39 is 18.4 Å². The summed E-state index contributed by atoms with van der Waals surface area (Å²) in [6.45, 7) is 1.34. The van der Waals surface area contributed by atoms with E-state index in [1.54, 1.807) is 13.0 Å². The summed E-state index contributed by atoms with van der Waals surface area (Å²) in [6.07, 6.45) is -0.961. The van der Waals surface area contributed by atoms with Crippen LogP contribution in [0.15, 0.2) is 10.9 Å². The van der Waals surface area contributed by atoms with Gasteiger partial charge in [0.2, 0.25) is 5.88 Å². The normalized spacial score (nSPS) is 12.5. The molecule has 0 saturated heterocycles. The molecule has 1 atom stereocenters. The average molecular weight is 214 g/mol. The van der Waals surface area contributed by atoms with Crippen molar-refractivity contribution in [1.29, 1.82) is 0 Å². The fraction of sp³-hybridized carbons (Fsp3) is 0.556. The minimum atomic E-state index is -0.961. The molecule has 1 aromatic heterocycles. The number of aromatic nitrogens is 2. The van der Waals surface area contributed by atoms with Gasteiger partial charge in [-0.05, 0) is 6.92 Å². The molecule has 0 spiro atoms. The molecule has 0 fully saturated rings. The van der Waals surface area contributed by atoms with Crippen molar-refractivity contribution in [2.24, 2.45) is 0 Å². The summed E-state index contributed by atoms with van der Waals surface area (Å²) in [4.78, 5) is 15.1. The lowest BCUT2D eigenvalue weighted by atomic mass is 10.3. The molecule has 15 heavy (non-hydrogen) atoms. The maximum absolute atomic E-state index is 11.5. The second-order valence-corrected chi connectivity index (χ2v) is 3.17. The maximum atomic E-state index is 11.5. The second kappa shape index (κ2) is 4.90. The van der Waals surface area contributed by atoms with E-state index >= 15 is 0 Å². The van der Waals surface area contributed by atoms with E-state index in [0.29, 0.717) is 5.69 Å². The molecule has 6 heteroatoms. The highest BCUT2D eigenvalue weighted by atomic mass is 16.5. The highest BCUT2D eigenvalue weighted by Crippen LogP contribution is 2.05. The van der Waals surface area contributed by atoms with Crippen LogP contribution in [-0.4, -0.2) is 39.6 Å². The lowest BCUT2D eigenvalue weighted by Gasteiger charge is -2.12. The molecule has 1 rings (SSSR count). The van der Waals surface area contributed by atoms with Crippen LogP contribution in [0.4, 0.5) is 0 Å². The number of methoxy groups -OCH3 is 1. The highest BCUT2D eigenvalue weighted by molar-refractivity contribution is 5.13. The number of nitrogens with zero attached hydrogens (tertiary/aromatic N) is 2. The van der Waals surface area contributed by atoms with E-state index in [9.17, 15) is 9.90 Å². The van der Waals surface area contributed by atoms with Crippen molar-refractivity contribution in [3.05, 3.63) is 22.2 Å². The van der Waals surface area contributed by atoms with Crippen LogP contribution >= 0.6 is 0 Å². The van der Waals surface area contributed by atoms with Crippen molar-refractivity contribution in [1.82, 2.24) is 9.55 Å². The van der Waals surface area contributed by atoms with Gasteiger partial charge in [-0.3, -0.25) is 4.57 Å². The van der Waals surface area contributed by atoms with E-state index in [2.05, 4.69) is 4.98 Å². The predicted octanol–water partition coefficient (Wildman–Crippen LogP) is -1.09. The first kappa shape index (κ1) is 11.7. The zero-order chi connectivity index (χ0) is 11.4. The molecule has 2 N–H and O–H groups in total. The van der Waals surface area contributed by atoms with E-state index in [-0.39, 0.29) is 12.4 Å². The Morgan fingerprint density at radius 1 is 1.67 bits per heavy atom. The Bertz CT molecular complexity index is 388. The van der Waals surface area contributed by atoms with Gasteiger partial charge in [0.15, 0.2) is 0 Å². The summed E-state index contributed by atoms with van der Waals surface area (Å²) in [5.41, 5.74) is 0.124. The number of aryl methyl sites for hydroxylation is 1. The fourth-order valence-corrected chi connectivity index (χ4v) is 1.19. The van der Waals surface area contributed by atoms with Crippen molar-refractivity contribution >= 4 is 0 Å². The first-order valence-corrected chi connectivity index (χ1v) is 4.50. The van der Waals surface area contributed by atoms with Crippen molar-refractivity contribution < 1.29 is 14.9 Å². The smallest absolute Gasteiger partial charge is 0.351 e. The van der Waals surface area contributed by atoms with Crippen LogP contribution in [0.25, 0.3) is 0 Å². The Morgan fingerprint density at radius 2 is 2.33 bits per heavy atom. The summed E-state index contributed by atoms with van der Waals surface area (Å²) >= 11 is 0. The third kappa shape index (κ3) is 2.77. The van der Waals surface area contributed by atoms with Crippen molar-refractivity contribution in [3.8, 4) is 5.88 Å². The summed E-state index contributed by atoms with van der Waals surface area (Å²) in [5, 5.41) is 17.9. The molecule has 0 aromatic carbocycles. The topological polar surface area (TPSA) is 84.6 Å². The van der Waals surface area contributed by atoms with Crippen LogP contribution < -0.4 is 10.4 Å². The summed E-state index contributed by atoms with van der Waals surface area (Å²) < 4.78 is 6.11. The maximum Gasteiger partial charge on any atom is 0.351 e. The minimum Gasteiger partial charge on any atom is -0.481 e. The van der Waals surface area contributed by atoms with Gasteiger partial charge in [-0.2, -0.15) is 4.98 Å². The van der Waals surface area contributed by atoms with E-state index in [0.717, 1.165) is 0 Å². The quantitative estimate of drug-likeness (QED) is 0.665. The molecule has 0 saturated carbocycles. The lowest BCUT2D eigenvalue weighted by Crippen LogP contribution is -2.31. The Labute approximate surface area is 86.8 Å². The third-order valence-electron chi connectivity index (χ3n) is 2.01. The lowest BCUT2D eigenvalue weighted by molar-refractivity contribution is 0.0794. The summed E-state index contributed by atoms with van der Waals surface area (Å²) in [6, 6.07) is 1.59. The number of aliphatic hydroxyl groups excluding tert-OH is 2. The van der Waals surface area contributed by atoms with Crippen molar-refractivity contribution in [2.45, 2.75) is 19.6 Å². The van der Waals surface area contributed by atoms with Gasteiger partial charge in [0.1, 0.15) is 0 Å². The van der Waals surface area contributed by atoms with Crippen LogP contribution in [0, 0.1) is 6.92 Å². The van der Waals surface area contributed by atoms with Gasteiger partial charge >= 0.3 is 5.69 Å². The molecular weight excluding hydrogens is 200 g/mol. The number of hydrogen-bond acceptors (Lipinski definition) is 5. The van der Waals surface area contributed by atoms with Gasteiger partial charge in [0, 0.05) is 11.8 Å². The second-order valence-electron chi connectivity index (χ2n) is 3.17. The molecule has 0 amide bonds. The molecule has 0 radical (unpaired) electrons. The van der Waals surface area contributed by atoms with Gasteiger partial charge in [-0.1, -0.05) is 0 Å². The predicted molar refractivity (Wildman–Crippen MR) is 52.9 cm³/mol. The average Bonchev–Trinajstić information content (AvgIpc) is 2.22. The molecule has 0 aliphatic rings. The standard InChI is InChI=1S/C9H14N2O4/c1-6-3-8(15-2)10-9(14)11(6)4-7(13)5-12/h3,7,12-13H,4-5H2,1-2H3. The molecule has 1 heterocycles. The van der Waals surface area contributed by atoms with Gasteiger partial charge in [0.05, 0.1) is 26.4 Å². The van der Waals surface area contributed by atoms with Crippen LogP contribution in [0.1, 0.15) is 5.69 Å². The number of aliphatic hydroxyl groups is 2. The molecule has 0 aliphatic heterocycles. The van der Waals surface area contributed by atoms with Gasteiger partial charge < -0.3 is 14.9 Å². The Morgan fingerprint density at radius 3 is 2.80 bits per heavy atom. The fourth-order valence-electron chi connectivity index (χ4n) is 1.19. The number of ether oxygens (including phenoxy) is 1. The summed E-state index contributed by atoms with van der Waals surface area (Å²) in [5.74, 6) is 0.243. The van der Waals surface area contributed by atoms with Gasteiger partial charge in [-0.25, -0.2) is 4.79 Å². The van der Waals surface area contributed by atoms with Crippen molar-refractivity contribution in [2.75, 3.05) is 13.7 Å². The van der Waals surface area contributed by atoms with Crippen LogP contribution in [0.2, 0.25) is 0 Å². The van der Waals surface area contributed by atoms with Crippen molar-refractivity contribution in [3.63, 3.8) is 0 Å². The first-order valence-electron chi connectivity index (χ1n) is 4.50. The van der Waals surface area contributed by atoms with E-state index in [4.69, 9.17) is 9.84 Å². The SMILES string of the molecule is COc1cc(C)n(CC(O)CO)c(=O)n1. The first-order chi connectivity index (χ1) is 7.08. The molecule has 84 valence electrons. The van der Waals surface area contributed by atoms with Crippen LogP contribution in [-0.2, 0) is 6.54 Å². The van der Waals surface area contributed by atoms with Gasteiger partial charge in [0.25, 0.3) is 0 Å². The zero-order valence-corrected chi connectivity index (χ0v) is 8.67. The number of rotatable bonds is 4. The minimum absolute atomic E-state index is 0.0260. The molecular formula is C9H14N2O4. The largest absolute Gasteiger partial charge is 0.481 e. The Balaban J connectivity index is 3.03. The number of hydrogen-bond donors (Lipinski definition) is 2. The summed E-state index contributed by atoms with van der Waals surface area (Å²) in [7, 11) is 1.42. The molecule has 1 aromatic rings. The molecule has 0 bridgehead atoms. The molecule has 1 unspecified atom stereocenters. The zero-order valence-electron chi connectivity index (χ0n) is 8.67. The molecule has 0 aliphatic carbocycles. The van der Waals surface area contributed by atoms with E-state index in [1.807, 2.05) is 0 Å². The monoisotopic (exact) mass is 214 g/mol. The molecule has 6 nitrogen and oxygen atoms in total. The van der Waals surface area contributed by atoms with E-state index in [1.165, 1.54) is 11.7 Å². The van der Waals surface area contributed by atoms with Crippen LogP contribution in [0.5, 0.6) is 5.88 Å². The van der Waals surface area contributed by atoms with Crippen LogP contribution in [0.3, 0.4) is 0 Å². The highest BCUT2D eigenvalue weighted by Gasteiger charge is 2.09. The Hall–Kier alpha value is -1.40. The third-order valence-corrected chi connectivity index (χ3v) is 2.01.